The van der Waals surface area contributed by atoms with Crippen molar-refractivity contribution in [2.24, 2.45) is 17.2 Å². The number of nitrogens with one attached hydrogen (secondary N) is 4. The van der Waals surface area contributed by atoms with E-state index in [9.17, 15) is 33.6 Å². The second-order valence-electron chi connectivity index (χ2n) is 7.05. The first-order valence-corrected chi connectivity index (χ1v) is 10.2. The number of carboxylic acids is 1. The van der Waals surface area contributed by atoms with Gasteiger partial charge in [0.25, 0.3) is 0 Å². The Kier molecular flexibility index (Phi) is 12.5. The summed E-state index contributed by atoms with van der Waals surface area (Å²) in [5, 5.41) is 17.8. The van der Waals surface area contributed by atoms with Crippen LogP contribution >= 0.6 is 12.6 Å². The lowest BCUT2D eigenvalue weighted by atomic mass is 10.1. The zero-order valence-corrected chi connectivity index (χ0v) is 18.9. The number of thiol groups is 1. The Morgan fingerprint density at radius 3 is 1.55 bits per heavy atom. The Bertz CT molecular complexity index is 793. The van der Waals surface area contributed by atoms with E-state index in [1.54, 1.807) is 0 Å². The third-order valence-electron chi connectivity index (χ3n) is 4.10. The van der Waals surface area contributed by atoms with Gasteiger partial charge in [0.05, 0.1) is 18.9 Å². The Labute approximate surface area is 194 Å². The van der Waals surface area contributed by atoms with Gasteiger partial charge < -0.3 is 43.6 Å². The third-order valence-corrected chi connectivity index (χ3v) is 4.49. The maximum absolute atomic E-state index is 12.4. The summed E-state index contributed by atoms with van der Waals surface area (Å²) < 4.78 is 0. The predicted octanol–water partition coefficient (Wildman–Crippen LogP) is -4.94. The van der Waals surface area contributed by atoms with E-state index >= 15 is 0 Å². The average molecular weight is 492 g/mol. The lowest BCUT2D eigenvalue weighted by Gasteiger charge is -2.23. The summed E-state index contributed by atoms with van der Waals surface area (Å²) >= 11 is 3.87. The van der Waals surface area contributed by atoms with E-state index in [0.29, 0.717) is 0 Å². The molecule has 15 nitrogen and oxygen atoms in total. The maximum Gasteiger partial charge on any atom is 0.326 e. The molecule has 11 N–H and O–H groups in total. The summed E-state index contributed by atoms with van der Waals surface area (Å²) in [6.45, 7) is 2.60. The summed E-state index contributed by atoms with van der Waals surface area (Å²) in [7, 11) is 0. The standard InChI is InChI=1S/C17H29N7O8S/c1-6(22-15(29)8(18)5-33)13(27)21-7(2)14(28)23-9(3-11(19)25)16(30)24-10(17(31)32)4-12(20)26/h6-10,33H,3-5,18H2,1-2H3,(H2,19,25)(H2,20,26)(H,21,27)(H,22,29)(H,23,28)(H,24,30)(H,31,32)/t6-,7-,8-,9-,10-/m0/s1. The predicted molar refractivity (Wildman–Crippen MR) is 116 cm³/mol. The summed E-state index contributed by atoms with van der Waals surface area (Å²) in [4.78, 5) is 82.1. The highest BCUT2D eigenvalue weighted by Gasteiger charge is 2.30. The monoisotopic (exact) mass is 491 g/mol. The van der Waals surface area contributed by atoms with Crippen molar-refractivity contribution in [3.63, 3.8) is 0 Å². The Morgan fingerprint density at radius 1 is 0.727 bits per heavy atom. The highest BCUT2D eigenvalue weighted by Crippen LogP contribution is 1.99. The van der Waals surface area contributed by atoms with E-state index in [2.05, 4.69) is 28.6 Å². The Hall–Kier alpha value is -3.40. The Balaban J connectivity index is 5.15. The van der Waals surface area contributed by atoms with Gasteiger partial charge in [-0.25, -0.2) is 4.79 Å². The summed E-state index contributed by atoms with van der Waals surface area (Å²) in [6, 6.07) is -6.54. The highest BCUT2D eigenvalue weighted by molar-refractivity contribution is 7.80. The minimum absolute atomic E-state index is 0.0461. The molecular formula is C17H29N7O8S. The Morgan fingerprint density at radius 2 is 1.12 bits per heavy atom. The smallest absolute Gasteiger partial charge is 0.326 e. The molecule has 0 aliphatic rings. The van der Waals surface area contributed by atoms with Crippen LogP contribution in [0.25, 0.3) is 0 Å². The van der Waals surface area contributed by atoms with E-state index in [4.69, 9.17) is 22.3 Å². The van der Waals surface area contributed by atoms with Gasteiger partial charge >= 0.3 is 5.97 Å². The maximum atomic E-state index is 12.4. The molecule has 6 amide bonds. The van der Waals surface area contributed by atoms with Crippen LogP contribution in [0.4, 0.5) is 0 Å². The van der Waals surface area contributed by atoms with Crippen molar-refractivity contribution in [1.29, 1.82) is 0 Å². The fourth-order valence-corrected chi connectivity index (χ4v) is 2.42. The van der Waals surface area contributed by atoms with Crippen molar-refractivity contribution in [3.8, 4) is 0 Å². The number of carbonyl (C=O) groups is 7. The van der Waals surface area contributed by atoms with Gasteiger partial charge in [-0.1, -0.05) is 0 Å². The van der Waals surface area contributed by atoms with Crippen LogP contribution in [0.2, 0.25) is 0 Å². The number of primary amides is 2. The van der Waals surface area contributed by atoms with Gasteiger partial charge in [-0.15, -0.1) is 0 Å². The molecule has 0 aliphatic carbocycles. The first-order chi connectivity index (χ1) is 15.2. The third kappa shape index (κ3) is 11.2. The number of aliphatic carboxylic acids is 1. The molecule has 0 bridgehead atoms. The number of rotatable bonds is 14. The van der Waals surface area contributed by atoms with Crippen molar-refractivity contribution >= 4 is 54.0 Å². The molecule has 16 heteroatoms. The number of hydrogen-bond donors (Lipinski definition) is 9. The van der Waals surface area contributed by atoms with Crippen molar-refractivity contribution in [1.82, 2.24) is 21.3 Å². The zero-order valence-electron chi connectivity index (χ0n) is 18.0. The molecule has 0 unspecified atom stereocenters. The van der Waals surface area contributed by atoms with Gasteiger partial charge in [0.1, 0.15) is 24.2 Å². The van der Waals surface area contributed by atoms with E-state index < -0.39 is 84.5 Å². The molecule has 0 heterocycles. The molecule has 0 saturated heterocycles. The normalized spacial score (nSPS) is 15.0. The number of amides is 6. The number of nitrogens with two attached hydrogens (primary N) is 3. The van der Waals surface area contributed by atoms with E-state index in [-0.39, 0.29) is 5.75 Å². The second kappa shape index (κ2) is 13.9. The minimum Gasteiger partial charge on any atom is -0.480 e. The van der Waals surface area contributed by atoms with E-state index in [1.165, 1.54) is 13.8 Å². The molecule has 33 heavy (non-hydrogen) atoms. The molecule has 0 aromatic carbocycles. The van der Waals surface area contributed by atoms with Gasteiger partial charge in [0.15, 0.2) is 0 Å². The molecule has 0 aromatic rings. The van der Waals surface area contributed by atoms with Crippen molar-refractivity contribution in [3.05, 3.63) is 0 Å². The SMILES string of the molecule is C[C@H](NC(=O)[C@H](C)NC(=O)[C@@H](N)CS)C(=O)N[C@@H](CC(N)=O)C(=O)N[C@@H](CC(N)=O)C(=O)O. The molecule has 0 aromatic heterocycles. The van der Waals surface area contributed by atoms with Gasteiger partial charge in [-0.05, 0) is 13.8 Å². The number of hydrogen-bond acceptors (Lipinski definition) is 9. The van der Waals surface area contributed by atoms with Crippen LogP contribution in [0.15, 0.2) is 0 Å². The highest BCUT2D eigenvalue weighted by atomic mass is 32.1. The van der Waals surface area contributed by atoms with Crippen molar-refractivity contribution in [2.75, 3.05) is 5.75 Å². The van der Waals surface area contributed by atoms with Gasteiger partial charge in [0.2, 0.25) is 35.4 Å². The van der Waals surface area contributed by atoms with Crippen LogP contribution < -0.4 is 38.5 Å². The average Bonchev–Trinajstić information content (AvgIpc) is 2.70. The molecule has 0 aliphatic heterocycles. The molecule has 5 atom stereocenters. The summed E-state index contributed by atoms with van der Waals surface area (Å²) in [5.74, 6) is -6.94. The van der Waals surface area contributed by atoms with Crippen LogP contribution in [0, 0.1) is 0 Å². The number of carboxylic acid groups (broad SMARTS) is 1. The van der Waals surface area contributed by atoms with Gasteiger partial charge in [0, 0.05) is 5.75 Å². The summed E-state index contributed by atoms with van der Waals surface area (Å²) in [5.41, 5.74) is 15.5. The molecule has 186 valence electrons. The van der Waals surface area contributed by atoms with Crippen LogP contribution in [0.5, 0.6) is 0 Å². The minimum atomic E-state index is -1.70. The molecule has 0 radical (unpaired) electrons. The largest absolute Gasteiger partial charge is 0.480 e. The molecular weight excluding hydrogens is 462 g/mol. The fraction of sp³-hybridized carbons (Fsp3) is 0.588. The lowest BCUT2D eigenvalue weighted by molar-refractivity contribution is -0.144. The van der Waals surface area contributed by atoms with Crippen LogP contribution in [-0.2, 0) is 33.6 Å². The van der Waals surface area contributed by atoms with Gasteiger partial charge in [-0.3, -0.25) is 28.8 Å². The number of carbonyl (C=O) groups excluding carboxylic acids is 6. The first-order valence-electron chi connectivity index (χ1n) is 9.56. The van der Waals surface area contributed by atoms with Crippen molar-refractivity contribution in [2.45, 2.75) is 56.9 Å². The fourth-order valence-electron chi connectivity index (χ4n) is 2.25. The lowest BCUT2D eigenvalue weighted by Crippen LogP contribution is -2.58. The van der Waals surface area contributed by atoms with Gasteiger partial charge in [-0.2, -0.15) is 12.6 Å². The zero-order chi connectivity index (χ0) is 25.9. The molecule has 0 spiro atoms. The summed E-state index contributed by atoms with van der Waals surface area (Å²) in [6.07, 6.45) is -1.43. The topological polar surface area (TPSA) is 266 Å². The molecule has 0 rings (SSSR count). The first kappa shape index (κ1) is 29.6. The molecule has 0 saturated carbocycles. The molecule has 0 fully saturated rings. The van der Waals surface area contributed by atoms with E-state index in [1.807, 2.05) is 5.32 Å². The van der Waals surface area contributed by atoms with Crippen LogP contribution in [0.3, 0.4) is 0 Å². The quantitative estimate of drug-likeness (QED) is 0.105. The van der Waals surface area contributed by atoms with Crippen LogP contribution in [0.1, 0.15) is 26.7 Å². The second-order valence-corrected chi connectivity index (χ2v) is 7.42. The van der Waals surface area contributed by atoms with E-state index in [0.717, 1.165) is 0 Å². The van der Waals surface area contributed by atoms with Crippen LogP contribution in [-0.4, -0.2) is 82.5 Å². The van der Waals surface area contributed by atoms with Crippen molar-refractivity contribution < 1.29 is 38.7 Å².